The van der Waals surface area contributed by atoms with Gasteiger partial charge in [-0.1, -0.05) is 30.3 Å². The fraction of sp³-hybridized carbons (Fsp3) is 0.280. The van der Waals surface area contributed by atoms with Gasteiger partial charge in [-0.2, -0.15) is 0 Å². The minimum absolute atomic E-state index is 0.00473. The smallest absolute Gasteiger partial charge is 0.253 e. The maximum atomic E-state index is 12.0. The summed E-state index contributed by atoms with van der Waals surface area (Å²) in [7, 11) is 0. The van der Waals surface area contributed by atoms with Gasteiger partial charge in [0.2, 0.25) is 0 Å². The zero-order chi connectivity index (χ0) is 21.0. The van der Waals surface area contributed by atoms with Crippen LogP contribution in [0, 0.1) is 0 Å². The maximum Gasteiger partial charge on any atom is 0.253 e. The van der Waals surface area contributed by atoms with Crippen LogP contribution in [0.4, 0.5) is 0 Å². The number of carbonyl (C=O) groups is 1. The van der Waals surface area contributed by atoms with Crippen molar-refractivity contribution >= 4 is 18.1 Å². The fourth-order valence-corrected chi connectivity index (χ4v) is 4.15. The van der Waals surface area contributed by atoms with Gasteiger partial charge in [0.05, 0.1) is 24.5 Å². The number of morpholine rings is 1. The maximum absolute atomic E-state index is 12.0. The molecule has 1 aromatic carbocycles. The standard InChI is InChI=1S/C25H26N4O2/c30-25-22-16-24(28-23(22)7-9-27-25)20-6-8-26-21(15-20)5-4-18-2-1-3-19(14-18)17-29-10-12-31-13-11-29/h1-6,8,14-16,28H,7,9-13,17H2,(H,27,30). The van der Waals surface area contributed by atoms with E-state index >= 15 is 0 Å². The van der Waals surface area contributed by atoms with Crippen LogP contribution in [0.25, 0.3) is 23.4 Å². The Hall–Kier alpha value is -3.22. The number of hydrogen-bond acceptors (Lipinski definition) is 4. The summed E-state index contributed by atoms with van der Waals surface area (Å²) in [6.07, 6.45) is 6.78. The summed E-state index contributed by atoms with van der Waals surface area (Å²) >= 11 is 0. The Morgan fingerprint density at radius 3 is 2.87 bits per heavy atom. The second kappa shape index (κ2) is 8.88. The monoisotopic (exact) mass is 414 g/mol. The fourth-order valence-electron chi connectivity index (χ4n) is 4.15. The van der Waals surface area contributed by atoms with E-state index in [4.69, 9.17) is 4.74 Å². The Kier molecular flexibility index (Phi) is 5.65. The molecule has 6 nitrogen and oxygen atoms in total. The quantitative estimate of drug-likeness (QED) is 0.672. The van der Waals surface area contributed by atoms with Crippen LogP contribution in [0.15, 0.2) is 48.7 Å². The van der Waals surface area contributed by atoms with E-state index in [-0.39, 0.29) is 5.91 Å². The molecule has 1 amide bonds. The Balaban J connectivity index is 1.32. The molecule has 2 N–H and O–H groups in total. The van der Waals surface area contributed by atoms with Crippen molar-refractivity contribution in [1.29, 1.82) is 0 Å². The Morgan fingerprint density at radius 2 is 2.00 bits per heavy atom. The van der Waals surface area contributed by atoms with Gasteiger partial charge in [0.25, 0.3) is 5.91 Å². The summed E-state index contributed by atoms with van der Waals surface area (Å²) in [6.45, 7) is 5.23. The van der Waals surface area contributed by atoms with Crippen molar-refractivity contribution in [1.82, 2.24) is 20.2 Å². The van der Waals surface area contributed by atoms with Crippen LogP contribution in [0.1, 0.15) is 32.9 Å². The van der Waals surface area contributed by atoms with E-state index in [2.05, 4.69) is 50.5 Å². The van der Waals surface area contributed by atoms with Gasteiger partial charge in [0, 0.05) is 55.7 Å². The van der Waals surface area contributed by atoms with Crippen molar-refractivity contribution in [2.75, 3.05) is 32.8 Å². The first kappa shape index (κ1) is 19.7. The van der Waals surface area contributed by atoms with Crippen LogP contribution in [-0.4, -0.2) is 53.6 Å². The summed E-state index contributed by atoms with van der Waals surface area (Å²) in [5.74, 6) is -0.00473. The number of H-pyrrole nitrogens is 1. The number of carbonyl (C=O) groups excluding carboxylic acids is 1. The van der Waals surface area contributed by atoms with Gasteiger partial charge in [0.1, 0.15) is 0 Å². The molecule has 31 heavy (non-hydrogen) atoms. The lowest BCUT2D eigenvalue weighted by atomic mass is 10.1. The Morgan fingerprint density at radius 1 is 1.10 bits per heavy atom. The number of aromatic nitrogens is 2. The number of rotatable bonds is 5. The molecule has 5 rings (SSSR count). The number of amides is 1. The summed E-state index contributed by atoms with van der Waals surface area (Å²) in [5.41, 5.74) is 7.07. The van der Waals surface area contributed by atoms with Crippen LogP contribution in [0.2, 0.25) is 0 Å². The highest BCUT2D eigenvalue weighted by molar-refractivity contribution is 5.97. The summed E-state index contributed by atoms with van der Waals surface area (Å²) in [6, 6.07) is 14.6. The largest absolute Gasteiger partial charge is 0.379 e. The minimum Gasteiger partial charge on any atom is -0.379 e. The molecule has 0 unspecified atom stereocenters. The van der Waals surface area contributed by atoms with Crippen LogP contribution >= 0.6 is 0 Å². The summed E-state index contributed by atoms with van der Waals surface area (Å²) in [4.78, 5) is 22.4. The van der Waals surface area contributed by atoms with Gasteiger partial charge in [-0.3, -0.25) is 14.7 Å². The molecule has 4 heterocycles. The summed E-state index contributed by atoms with van der Waals surface area (Å²) < 4.78 is 5.44. The second-order valence-electron chi connectivity index (χ2n) is 8.02. The predicted molar refractivity (Wildman–Crippen MR) is 122 cm³/mol. The normalized spacial score (nSPS) is 17.0. The van der Waals surface area contributed by atoms with E-state index in [1.54, 1.807) is 0 Å². The first-order chi connectivity index (χ1) is 15.2. The van der Waals surface area contributed by atoms with Crippen LogP contribution < -0.4 is 5.32 Å². The number of hydrogen-bond donors (Lipinski definition) is 2. The number of fused-ring (bicyclic) bond motifs is 1. The lowest BCUT2D eigenvalue weighted by molar-refractivity contribution is 0.0342. The molecule has 3 aromatic rings. The number of benzene rings is 1. The van der Waals surface area contributed by atoms with Crippen molar-refractivity contribution in [2.24, 2.45) is 0 Å². The molecule has 2 aliphatic rings. The summed E-state index contributed by atoms with van der Waals surface area (Å²) in [5, 5.41) is 2.89. The average molecular weight is 415 g/mol. The molecule has 0 atom stereocenters. The number of aromatic amines is 1. The van der Waals surface area contributed by atoms with Crippen LogP contribution in [0.3, 0.4) is 0 Å². The number of nitrogens with one attached hydrogen (secondary N) is 2. The lowest BCUT2D eigenvalue weighted by Gasteiger charge is -2.26. The van der Waals surface area contributed by atoms with Crippen molar-refractivity contribution in [3.05, 3.63) is 76.7 Å². The molecule has 1 fully saturated rings. The third-order valence-corrected chi connectivity index (χ3v) is 5.80. The second-order valence-corrected chi connectivity index (χ2v) is 8.02. The number of nitrogens with zero attached hydrogens (tertiary/aromatic N) is 2. The van der Waals surface area contributed by atoms with Crippen molar-refractivity contribution in [2.45, 2.75) is 13.0 Å². The molecule has 1 saturated heterocycles. The number of ether oxygens (including phenoxy) is 1. The SMILES string of the molecule is O=C1NCCc2[nH]c(-c3ccnc(C=Cc4cccc(CN5CCOCC5)c4)c3)cc21. The van der Waals surface area contributed by atoms with Crippen LogP contribution in [-0.2, 0) is 17.7 Å². The van der Waals surface area contributed by atoms with E-state index in [9.17, 15) is 4.79 Å². The first-order valence-electron chi connectivity index (χ1n) is 10.8. The molecule has 0 saturated carbocycles. The highest BCUT2D eigenvalue weighted by Crippen LogP contribution is 2.24. The topological polar surface area (TPSA) is 70.2 Å². The van der Waals surface area contributed by atoms with Gasteiger partial charge in [-0.15, -0.1) is 0 Å². The van der Waals surface area contributed by atoms with Gasteiger partial charge in [0.15, 0.2) is 0 Å². The highest BCUT2D eigenvalue weighted by Gasteiger charge is 2.19. The molecular formula is C25H26N4O2. The van der Waals surface area contributed by atoms with Gasteiger partial charge in [-0.25, -0.2) is 0 Å². The van der Waals surface area contributed by atoms with E-state index in [0.717, 1.165) is 73.0 Å². The lowest BCUT2D eigenvalue weighted by Crippen LogP contribution is -2.35. The molecule has 2 aromatic heterocycles. The van der Waals surface area contributed by atoms with Crippen molar-refractivity contribution in [3.63, 3.8) is 0 Å². The van der Waals surface area contributed by atoms with E-state index < -0.39 is 0 Å². The molecule has 0 spiro atoms. The van der Waals surface area contributed by atoms with E-state index in [1.165, 1.54) is 5.56 Å². The molecule has 158 valence electrons. The number of pyridine rings is 1. The molecule has 0 radical (unpaired) electrons. The zero-order valence-electron chi connectivity index (χ0n) is 17.4. The highest BCUT2D eigenvalue weighted by atomic mass is 16.5. The first-order valence-corrected chi connectivity index (χ1v) is 10.8. The predicted octanol–water partition coefficient (Wildman–Crippen LogP) is 3.37. The van der Waals surface area contributed by atoms with E-state index in [0.29, 0.717) is 6.54 Å². The van der Waals surface area contributed by atoms with Gasteiger partial charge in [-0.05, 0) is 35.4 Å². The molecule has 6 heteroatoms. The van der Waals surface area contributed by atoms with Crippen molar-refractivity contribution in [3.8, 4) is 11.3 Å². The Labute approximate surface area is 182 Å². The molecular weight excluding hydrogens is 388 g/mol. The third kappa shape index (κ3) is 4.60. The minimum atomic E-state index is -0.00473. The molecule has 0 bridgehead atoms. The van der Waals surface area contributed by atoms with Crippen molar-refractivity contribution < 1.29 is 9.53 Å². The van der Waals surface area contributed by atoms with Crippen LogP contribution in [0.5, 0.6) is 0 Å². The van der Waals surface area contributed by atoms with E-state index in [1.807, 2.05) is 30.5 Å². The molecule has 0 aliphatic carbocycles. The zero-order valence-corrected chi connectivity index (χ0v) is 17.4. The van der Waals surface area contributed by atoms with Gasteiger partial charge < -0.3 is 15.0 Å². The average Bonchev–Trinajstić information content (AvgIpc) is 3.25. The van der Waals surface area contributed by atoms with Gasteiger partial charge >= 0.3 is 0 Å². The Bertz CT molecular complexity index is 1110. The third-order valence-electron chi connectivity index (χ3n) is 5.80. The molecule has 2 aliphatic heterocycles.